The molecule has 1 aliphatic rings. The fraction of sp³-hybridized carbons (Fsp3) is 0.500. The molecule has 3 heteroatoms. The van der Waals surface area contributed by atoms with E-state index < -0.39 is 0 Å². The van der Waals surface area contributed by atoms with Crippen molar-refractivity contribution in [1.29, 1.82) is 0 Å². The first-order chi connectivity index (χ1) is 10.1. The number of nitrogens with zero attached hydrogens (tertiary/aromatic N) is 1. The van der Waals surface area contributed by atoms with Crippen LogP contribution in [-0.2, 0) is 0 Å². The van der Waals surface area contributed by atoms with Gasteiger partial charge in [-0.1, -0.05) is 25.1 Å². The van der Waals surface area contributed by atoms with Crippen molar-refractivity contribution in [3.8, 4) is 0 Å². The first-order valence-corrected chi connectivity index (χ1v) is 7.85. The molecule has 0 amide bonds. The van der Waals surface area contributed by atoms with E-state index in [4.69, 9.17) is 4.42 Å². The highest BCUT2D eigenvalue weighted by atomic mass is 16.3. The second kappa shape index (κ2) is 6.02. The number of hydrogen-bond acceptors (Lipinski definition) is 3. The van der Waals surface area contributed by atoms with Gasteiger partial charge in [-0.05, 0) is 50.8 Å². The number of rotatable bonds is 4. The average molecular weight is 285 g/mol. The Labute approximate surface area is 125 Å². The number of likely N-dealkylation sites (N-methyl/N-ethyl adjacent to an activating group) is 1. The molecule has 1 fully saturated rings. The van der Waals surface area contributed by atoms with Gasteiger partial charge in [0.2, 0.25) is 5.78 Å². The Bertz CT molecular complexity index is 590. The second-order valence-corrected chi connectivity index (χ2v) is 6.40. The average Bonchev–Trinajstić information content (AvgIpc) is 2.92. The smallest absolute Gasteiger partial charge is 0.211 e. The van der Waals surface area contributed by atoms with E-state index in [0.29, 0.717) is 18.3 Å². The summed E-state index contributed by atoms with van der Waals surface area (Å²) < 4.78 is 5.66. The van der Waals surface area contributed by atoms with Gasteiger partial charge in [0.25, 0.3) is 0 Å². The molecule has 0 N–H and O–H groups in total. The SMILES string of the molecule is CC1CCC(N(C)CC(=O)c2cc3ccccc3o2)CC1. The molecule has 2 aromatic rings. The lowest BCUT2D eigenvalue weighted by Gasteiger charge is -2.32. The van der Waals surface area contributed by atoms with Crippen molar-refractivity contribution >= 4 is 16.8 Å². The minimum Gasteiger partial charge on any atom is -0.453 e. The zero-order chi connectivity index (χ0) is 14.8. The van der Waals surface area contributed by atoms with Crippen molar-refractivity contribution in [2.75, 3.05) is 13.6 Å². The number of ketones is 1. The van der Waals surface area contributed by atoms with Crippen molar-refractivity contribution < 1.29 is 9.21 Å². The number of carbonyl (C=O) groups is 1. The number of para-hydroxylation sites is 1. The molecule has 1 heterocycles. The van der Waals surface area contributed by atoms with Crippen LogP contribution in [0.5, 0.6) is 0 Å². The molecule has 1 aliphatic carbocycles. The Morgan fingerprint density at radius 2 is 1.95 bits per heavy atom. The molecule has 1 saturated carbocycles. The van der Waals surface area contributed by atoms with Gasteiger partial charge in [0.15, 0.2) is 5.76 Å². The van der Waals surface area contributed by atoms with Gasteiger partial charge in [0, 0.05) is 11.4 Å². The minimum absolute atomic E-state index is 0.0762. The molecular weight excluding hydrogens is 262 g/mol. The molecule has 3 rings (SSSR count). The molecule has 0 radical (unpaired) electrons. The summed E-state index contributed by atoms with van der Waals surface area (Å²) in [4.78, 5) is 14.6. The third-order valence-electron chi connectivity index (χ3n) is 4.70. The van der Waals surface area contributed by atoms with Crippen LogP contribution in [0.2, 0.25) is 0 Å². The van der Waals surface area contributed by atoms with Crippen LogP contribution in [0, 0.1) is 5.92 Å². The summed E-state index contributed by atoms with van der Waals surface area (Å²) in [5.41, 5.74) is 0.787. The third kappa shape index (κ3) is 3.18. The molecule has 0 spiro atoms. The predicted octanol–water partition coefficient (Wildman–Crippen LogP) is 4.13. The highest BCUT2D eigenvalue weighted by Crippen LogP contribution is 2.27. The number of carbonyl (C=O) groups excluding carboxylic acids is 1. The lowest BCUT2D eigenvalue weighted by Crippen LogP contribution is -2.38. The van der Waals surface area contributed by atoms with Crippen molar-refractivity contribution in [2.24, 2.45) is 5.92 Å². The number of benzene rings is 1. The minimum atomic E-state index is 0.0762. The van der Waals surface area contributed by atoms with Gasteiger partial charge < -0.3 is 4.42 Å². The first-order valence-electron chi connectivity index (χ1n) is 7.85. The molecule has 0 aliphatic heterocycles. The largest absolute Gasteiger partial charge is 0.453 e. The molecule has 21 heavy (non-hydrogen) atoms. The van der Waals surface area contributed by atoms with Crippen molar-refractivity contribution in [2.45, 2.75) is 38.6 Å². The maximum atomic E-state index is 12.4. The lowest BCUT2D eigenvalue weighted by molar-refractivity contribution is 0.0864. The highest BCUT2D eigenvalue weighted by molar-refractivity contribution is 5.98. The van der Waals surface area contributed by atoms with Crippen LogP contribution >= 0.6 is 0 Å². The molecule has 0 saturated heterocycles. The normalized spacial score (nSPS) is 22.8. The van der Waals surface area contributed by atoms with Gasteiger partial charge >= 0.3 is 0 Å². The second-order valence-electron chi connectivity index (χ2n) is 6.40. The lowest BCUT2D eigenvalue weighted by atomic mass is 9.87. The van der Waals surface area contributed by atoms with E-state index in [1.54, 1.807) is 0 Å². The van der Waals surface area contributed by atoms with Crippen LogP contribution in [0.25, 0.3) is 11.0 Å². The van der Waals surface area contributed by atoms with Gasteiger partial charge in [-0.2, -0.15) is 0 Å². The first kappa shape index (κ1) is 14.3. The van der Waals surface area contributed by atoms with E-state index >= 15 is 0 Å². The van der Waals surface area contributed by atoms with Crippen LogP contribution in [0.1, 0.15) is 43.2 Å². The van der Waals surface area contributed by atoms with Crippen LogP contribution in [0.4, 0.5) is 0 Å². The summed E-state index contributed by atoms with van der Waals surface area (Å²) >= 11 is 0. The zero-order valence-corrected chi connectivity index (χ0v) is 12.8. The molecule has 0 bridgehead atoms. The van der Waals surface area contributed by atoms with Crippen LogP contribution in [0.3, 0.4) is 0 Å². The van der Waals surface area contributed by atoms with E-state index in [9.17, 15) is 4.79 Å². The third-order valence-corrected chi connectivity index (χ3v) is 4.70. The van der Waals surface area contributed by atoms with Crippen molar-refractivity contribution in [3.05, 3.63) is 36.1 Å². The fourth-order valence-corrected chi connectivity index (χ4v) is 3.24. The van der Waals surface area contributed by atoms with Crippen LogP contribution in [0.15, 0.2) is 34.7 Å². The molecular formula is C18H23NO2. The van der Waals surface area contributed by atoms with Gasteiger partial charge in [0.05, 0.1) is 6.54 Å². The molecule has 1 aromatic carbocycles. The van der Waals surface area contributed by atoms with Crippen molar-refractivity contribution in [1.82, 2.24) is 4.90 Å². The summed E-state index contributed by atoms with van der Waals surface area (Å²) in [5.74, 6) is 1.39. The Kier molecular flexibility index (Phi) is 4.11. The van der Waals surface area contributed by atoms with Gasteiger partial charge in [-0.3, -0.25) is 9.69 Å². The summed E-state index contributed by atoms with van der Waals surface area (Å²) in [6.07, 6.45) is 4.94. The monoisotopic (exact) mass is 285 g/mol. The summed E-state index contributed by atoms with van der Waals surface area (Å²) in [7, 11) is 2.06. The van der Waals surface area contributed by atoms with E-state index in [1.807, 2.05) is 30.3 Å². The van der Waals surface area contributed by atoms with Gasteiger partial charge in [-0.15, -0.1) is 0 Å². The number of fused-ring (bicyclic) bond motifs is 1. The molecule has 0 unspecified atom stereocenters. The van der Waals surface area contributed by atoms with Gasteiger partial charge in [-0.25, -0.2) is 0 Å². The Balaban J connectivity index is 1.65. The van der Waals surface area contributed by atoms with E-state index in [-0.39, 0.29) is 5.78 Å². The van der Waals surface area contributed by atoms with E-state index in [1.165, 1.54) is 25.7 Å². The predicted molar refractivity (Wildman–Crippen MR) is 84.6 cm³/mol. The Hall–Kier alpha value is -1.61. The highest BCUT2D eigenvalue weighted by Gasteiger charge is 2.24. The maximum Gasteiger partial charge on any atom is 0.211 e. The summed E-state index contributed by atoms with van der Waals surface area (Å²) in [6.45, 7) is 2.76. The van der Waals surface area contributed by atoms with Crippen LogP contribution < -0.4 is 0 Å². The topological polar surface area (TPSA) is 33.5 Å². The molecule has 0 atom stereocenters. The molecule has 3 nitrogen and oxygen atoms in total. The Morgan fingerprint density at radius 3 is 2.67 bits per heavy atom. The number of Topliss-reactive ketones (excluding diaryl/α,β-unsaturated/α-hetero) is 1. The summed E-state index contributed by atoms with van der Waals surface area (Å²) in [6, 6.07) is 10.2. The quantitative estimate of drug-likeness (QED) is 0.792. The fourth-order valence-electron chi connectivity index (χ4n) is 3.24. The zero-order valence-electron chi connectivity index (χ0n) is 12.8. The van der Waals surface area contributed by atoms with Crippen LogP contribution in [-0.4, -0.2) is 30.3 Å². The standard InChI is InChI=1S/C18H23NO2/c1-13-7-9-15(10-8-13)19(2)12-16(20)18-11-14-5-3-4-6-17(14)21-18/h3-6,11,13,15H,7-10,12H2,1-2H3. The van der Waals surface area contributed by atoms with Gasteiger partial charge in [0.1, 0.15) is 5.58 Å². The number of furan rings is 1. The molecule has 1 aromatic heterocycles. The van der Waals surface area contributed by atoms with Crippen molar-refractivity contribution in [3.63, 3.8) is 0 Å². The van der Waals surface area contributed by atoms with E-state index in [0.717, 1.165) is 16.9 Å². The van der Waals surface area contributed by atoms with E-state index in [2.05, 4.69) is 18.9 Å². The molecule has 112 valence electrons. The summed E-state index contributed by atoms with van der Waals surface area (Å²) in [5, 5.41) is 0.995. The number of hydrogen-bond donors (Lipinski definition) is 0. The maximum absolute atomic E-state index is 12.4. The Morgan fingerprint density at radius 1 is 1.24 bits per heavy atom.